The van der Waals surface area contributed by atoms with Gasteiger partial charge in [0.2, 0.25) is 11.8 Å². The number of nitrogens with one attached hydrogen (secondary N) is 2. The summed E-state index contributed by atoms with van der Waals surface area (Å²) >= 11 is 0. The van der Waals surface area contributed by atoms with E-state index in [4.69, 9.17) is 10.5 Å². The first-order valence-electron chi connectivity index (χ1n) is 12.1. The molecule has 12 heteroatoms. The molecular weight excluding hydrogens is 509 g/mol. The second kappa shape index (κ2) is 11.1. The zero-order valence-corrected chi connectivity index (χ0v) is 21.1. The van der Waals surface area contributed by atoms with Crippen LogP contribution in [-0.2, 0) is 10.0 Å². The largest absolute Gasteiger partial charge is 0.435 e. The second-order valence-electron chi connectivity index (χ2n) is 8.91. The van der Waals surface area contributed by atoms with Crippen molar-refractivity contribution < 1.29 is 17.5 Å². The average Bonchev–Trinajstić information content (AvgIpc) is 2.92. The van der Waals surface area contributed by atoms with E-state index < -0.39 is 15.8 Å². The lowest BCUT2D eigenvalue weighted by molar-refractivity contribution is 0.409. The molecule has 2 aromatic heterocycles. The Morgan fingerprint density at radius 3 is 2.50 bits per heavy atom. The summed E-state index contributed by atoms with van der Waals surface area (Å²) in [6.45, 7) is 0. The van der Waals surface area contributed by atoms with Crippen LogP contribution >= 0.6 is 0 Å². The van der Waals surface area contributed by atoms with Gasteiger partial charge in [0, 0.05) is 24.3 Å². The fraction of sp³-hybridized carbons (Fsp3) is 0.231. The third-order valence-electron chi connectivity index (χ3n) is 6.13. The van der Waals surface area contributed by atoms with E-state index in [2.05, 4.69) is 30.0 Å². The highest BCUT2D eigenvalue weighted by Gasteiger charge is 2.20. The summed E-state index contributed by atoms with van der Waals surface area (Å²) in [5, 5.41) is 3.33. The van der Waals surface area contributed by atoms with Crippen LogP contribution in [-0.4, -0.2) is 40.4 Å². The number of pyridine rings is 1. The van der Waals surface area contributed by atoms with E-state index in [0.717, 1.165) is 31.7 Å². The van der Waals surface area contributed by atoms with Crippen LogP contribution in [0, 0.1) is 5.82 Å². The number of rotatable bonds is 8. The minimum Gasteiger partial charge on any atom is -0.435 e. The molecule has 5 rings (SSSR count). The minimum absolute atomic E-state index is 0.0526. The van der Waals surface area contributed by atoms with Crippen LogP contribution in [0.3, 0.4) is 0 Å². The zero-order valence-electron chi connectivity index (χ0n) is 20.3. The molecule has 0 spiro atoms. The van der Waals surface area contributed by atoms with Gasteiger partial charge in [0.15, 0.2) is 17.4 Å². The molecule has 1 saturated carbocycles. The number of halogens is 1. The molecule has 1 fully saturated rings. The quantitative estimate of drug-likeness (QED) is 0.300. The van der Waals surface area contributed by atoms with Crippen molar-refractivity contribution in [3.8, 4) is 23.0 Å². The summed E-state index contributed by atoms with van der Waals surface area (Å²) in [6.07, 6.45) is 6.64. The predicted octanol–water partition coefficient (Wildman–Crippen LogP) is 4.35. The molecular formula is C26H26FN7O3S. The third kappa shape index (κ3) is 6.03. The number of aromatic nitrogens is 4. The van der Waals surface area contributed by atoms with E-state index in [1.165, 1.54) is 36.8 Å². The number of ether oxygens (including phenoxy) is 1. The standard InChI is InChI=1S/C26H26FN7O3S/c27-22-15-19(34-38(35,36)20-5-2-1-3-6-20)12-13-23(22)37-25-21(7-4-14-29-25)24-30-16-31-26(33-24)32-18-10-8-17(28)9-11-18/h1-7,12-18,34H,8-11,28H2,(H,30,31,32,33). The van der Waals surface area contributed by atoms with Crippen molar-refractivity contribution in [2.75, 3.05) is 10.0 Å². The molecule has 2 heterocycles. The van der Waals surface area contributed by atoms with Crippen LogP contribution in [0.1, 0.15) is 25.7 Å². The molecule has 0 atom stereocenters. The molecule has 0 aliphatic heterocycles. The number of hydrogen-bond acceptors (Lipinski definition) is 9. The SMILES string of the molecule is NC1CCC(Nc2ncnc(-c3cccnc3Oc3ccc(NS(=O)(=O)c4ccccc4)cc3F)n2)CC1. The van der Waals surface area contributed by atoms with Crippen LogP contribution in [0.5, 0.6) is 11.6 Å². The highest BCUT2D eigenvalue weighted by molar-refractivity contribution is 7.92. The number of anilines is 2. The van der Waals surface area contributed by atoms with Crippen LogP contribution in [0.4, 0.5) is 16.0 Å². The summed E-state index contributed by atoms with van der Waals surface area (Å²) in [6, 6.07) is 15.4. The van der Waals surface area contributed by atoms with E-state index >= 15 is 0 Å². The number of sulfonamides is 1. The molecule has 0 unspecified atom stereocenters. The molecule has 1 aliphatic rings. The van der Waals surface area contributed by atoms with Gasteiger partial charge in [-0.15, -0.1) is 0 Å². The predicted molar refractivity (Wildman–Crippen MR) is 141 cm³/mol. The first-order chi connectivity index (χ1) is 18.4. The maximum atomic E-state index is 15.0. The summed E-state index contributed by atoms with van der Waals surface area (Å²) in [7, 11) is -3.87. The van der Waals surface area contributed by atoms with Gasteiger partial charge in [-0.3, -0.25) is 4.72 Å². The van der Waals surface area contributed by atoms with Crippen LogP contribution in [0.2, 0.25) is 0 Å². The minimum atomic E-state index is -3.87. The van der Waals surface area contributed by atoms with Crippen LogP contribution in [0.25, 0.3) is 11.4 Å². The number of nitrogens with two attached hydrogens (primary N) is 1. The highest BCUT2D eigenvalue weighted by atomic mass is 32.2. The molecule has 1 aliphatic carbocycles. The van der Waals surface area contributed by atoms with Crippen molar-refractivity contribution in [1.29, 1.82) is 0 Å². The Morgan fingerprint density at radius 2 is 1.74 bits per heavy atom. The Labute approximate surface area is 219 Å². The molecule has 0 amide bonds. The molecule has 4 N–H and O–H groups in total. The van der Waals surface area contributed by atoms with E-state index in [9.17, 15) is 12.8 Å². The number of hydrogen-bond donors (Lipinski definition) is 3. The molecule has 0 saturated heterocycles. The van der Waals surface area contributed by atoms with Crippen molar-refractivity contribution in [3.63, 3.8) is 0 Å². The molecule has 196 valence electrons. The van der Waals surface area contributed by atoms with Gasteiger partial charge in [-0.2, -0.15) is 4.98 Å². The smallest absolute Gasteiger partial charge is 0.261 e. The van der Waals surface area contributed by atoms with Gasteiger partial charge in [0.05, 0.1) is 16.1 Å². The lowest BCUT2D eigenvalue weighted by Gasteiger charge is -2.26. The normalized spacial score (nSPS) is 17.5. The Balaban J connectivity index is 1.33. The van der Waals surface area contributed by atoms with Crippen molar-refractivity contribution in [2.24, 2.45) is 5.73 Å². The molecule has 0 radical (unpaired) electrons. The first kappa shape index (κ1) is 25.5. The van der Waals surface area contributed by atoms with Crippen LogP contribution < -0.4 is 20.5 Å². The zero-order chi connectivity index (χ0) is 26.5. The van der Waals surface area contributed by atoms with Gasteiger partial charge in [-0.1, -0.05) is 18.2 Å². The Morgan fingerprint density at radius 1 is 0.947 bits per heavy atom. The fourth-order valence-corrected chi connectivity index (χ4v) is 5.22. The lowest BCUT2D eigenvalue weighted by atomic mass is 9.92. The van der Waals surface area contributed by atoms with E-state index in [1.54, 1.807) is 30.3 Å². The van der Waals surface area contributed by atoms with E-state index in [1.807, 2.05) is 0 Å². The first-order valence-corrected chi connectivity index (χ1v) is 13.6. The molecule has 10 nitrogen and oxygen atoms in total. The van der Waals surface area contributed by atoms with Crippen molar-refractivity contribution in [2.45, 2.75) is 42.7 Å². The van der Waals surface area contributed by atoms with Gasteiger partial charge < -0.3 is 15.8 Å². The lowest BCUT2D eigenvalue weighted by Crippen LogP contribution is -2.33. The molecule has 0 bridgehead atoms. The Bertz CT molecular complexity index is 1510. The average molecular weight is 536 g/mol. The highest BCUT2D eigenvalue weighted by Crippen LogP contribution is 2.32. The second-order valence-corrected chi connectivity index (χ2v) is 10.6. The van der Waals surface area contributed by atoms with Gasteiger partial charge in [-0.05, 0) is 62.1 Å². The number of nitrogens with zero attached hydrogens (tertiary/aromatic N) is 4. The third-order valence-corrected chi connectivity index (χ3v) is 7.53. The monoisotopic (exact) mass is 535 g/mol. The van der Waals surface area contributed by atoms with Gasteiger partial charge in [0.25, 0.3) is 10.0 Å². The van der Waals surface area contributed by atoms with Gasteiger partial charge in [0.1, 0.15) is 6.33 Å². The van der Waals surface area contributed by atoms with E-state index in [-0.39, 0.29) is 34.3 Å². The van der Waals surface area contributed by atoms with Crippen molar-refractivity contribution in [3.05, 3.63) is 79.0 Å². The van der Waals surface area contributed by atoms with Crippen molar-refractivity contribution in [1.82, 2.24) is 19.9 Å². The topological polar surface area (TPSA) is 145 Å². The summed E-state index contributed by atoms with van der Waals surface area (Å²) < 4.78 is 48.2. The Kier molecular flexibility index (Phi) is 7.43. The summed E-state index contributed by atoms with van der Waals surface area (Å²) in [4.78, 5) is 17.3. The number of benzene rings is 2. The van der Waals surface area contributed by atoms with Crippen LogP contribution in [0.15, 0.2) is 78.1 Å². The van der Waals surface area contributed by atoms with Crippen molar-refractivity contribution >= 4 is 21.7 Å². The molecule has 38 heavy (non-hydrogen) atoms. The Hall–Kier alpha value is -4.16. The molecule has 2 aromatic carbocycles. The maximum absolute atomic E-state index is 15.0. The maximum Gasteiger partial charge on any atom is 0.261 e. The summed E-state index contributed by atoms with van der Waals surface area (Å²) in [5.74, 6) is -0.0935. The summed E-state index contributed by atoms with van der Waals surface area (Å²) in [5.41, 5.74) is 6.49. The fourth-order valence-electron chi connectivity index (χ4n) is 4.15. The molecule has 4 aromatic rings. The van der Waals surface area contributed by atoms with Gasteiger partial charge >= 0.3 is 0 Å². The van der Waals surface area contributed by atoms with Gasteiger partial charge in [-0.25, -0.2) is 27.8 Å². The van der Waals surface area contributed by atoms with E-state index in [0.29, 0.717) is 17.3 Å².